The number of hydrogen-bond donors (Lipinski definition) is 1. The van der Waals surface area contributed by atoms with E-state index in [2.05, 4.69) is 24.5 Å². The number of piperidine rings is 1. The first-order valence-electron chi connectivity index (χ1n) is 6.27. The SMILES string of the molecule is CCCC1CCN(CCOCCS)CC1. The first kappa shape index (κ1) is 13.3. The monoisotopic (exact) mass is 231 g/mol. The summed E-state index contributed by atoms with van der Waals surface area (Å²) in [7, 11) is 0. The number of thiol groups is 1. The molecule has 1 aliphatic heterocycles. The van der Waals surface area contributed by atoms with E-state index in [4.69, 9.17) is 4.74 Å². The van der Waals surface area contributed by atoms with Crippen LogP contribution in [0.1, 0.15) is 32.6 Å². The van der Waals surface area contributed by atoms with Crippen molar-refractivity contribution < 1.29 is 4.74 Å². The van der Waals surface area contributed by atoms with Gasteiger partial charge in [0, 0.05) is 12.3 Å². The lowest BCUT2D eigenvalue weighted by Gasteiger charge is -2.31. The molecule has 0 spiro atoms. The molecule has 0 aromatic carbocycles. The van der Waals surface area contributed by atoms with Gasteiger partial charge in [0.05, 0.1) is 13.2 Å². The van der Waals surface area contributed by atoms with Gasteiger partial charge in [-0.2, -0.15) is 12.6 Å². The zero-order valence-electron chi connectivity index (χ0n) is 9.95. The summed E-state index contributed by atoms with van der Waals surface area (Å²) in [6, 6.07) is 0. The summed E-state index contributed by atoms with van der Waals surface area (Å²) in [5.41, 5.74) is 0. The Kier molecular flexibility index (Phi) is 7.49. The third-order valence-electron chi connectivity index (χ3n) is 3.19. The van der Waals surface area contributed by atoms with Crippen LogP contribution in [0.15, 0.2) is 0 Å². The summed E-state index contributed by atoms with van der Waals surface area (Å²) in [5, 5.41) is 0. The van der Waals surface area contributed by atoms with E-state index in [-0.39, 0.29) is 0 Å². The molecule has 0 aromatic heterocycles. The molecule has 90 valence electrons. The molecule has 1 heterocycles. The van der Waals surface area contributed by atoms with Gasteiger partial charge in [-0.1, -0.05) is 19.8 Å². The van der Waals surface area contributed by atoms with E-state index < -0.39 is 0 Å². The highest BCUT2D eigenvalue weighted by Gasteiger charge is 2.17. The molecule has 1 fully saturated rings. The number of hydrogen-bond acceptors (Lipinski definition) is 3. The molecule has 0 aromatic rings. The van der Waals surface area contributed by atoms with Gasteiger partial charge < -0.3 is 9.64 Å². The average molecular weight is 231 g/mol. The fourth-order valence-corrected chi connectivity index (χ4v) is 2.40. The summed E-state index contributed by atoms with van der Waals surface area (Å²) in [6.07, 6.45) is 5.54. The second-order valence-electron chi connectivity index (χ2n) is 4.41. The number of likely N-dealkylation sites (tertiary alicyclic amines) is 1. The standard InChI is InChI=1S/C12H25NOS/c1-2-3-12-4-6-13(7-5-12)8-9-14-10-11-15/h12,15H,2-11H2,1H3. The molecule has 0 radical (unpaired) electrons. The molecule has 0 bridgehead atoms. The lowest BCUT2D eigenvalue weighted by molar-refractivity contribution is 0.0960. The Hall–Kier alpha value is 0.270. The van der Waals surface area contributed by atoms with Crippen molar-refractivity contribution in [3.63, 3.8) is 0 Å². The van der Waals surface area contributed by atoms with E-state index in [9.17, 15) is 0 Å². The van der Waals surface area contributed by atoms with Crippen molar-refractivity contribution in [2.75, 3.05) is 38.6 Å². The van der Waals surface area contributed by atoms with Gasteiger partial charge in [0.1, 0.15) is 0 Å². The Morgan fingerprint density at radius 3 is 2.60 bits per heavy atom. The fourth-order valence-electron chi connectivity index (χ4n) is 2.27. The molecule has 0 saturated carbocycles. The van der Waals surface area contributed by atoms with Crippen molar-refractivity contribution >= 4 is 12.6 Å². The molecular formula is C12H25NOS. The van der Waals surface area contributed by atoms with Crippen molar-refractivity contribution in [1.82, 2.24) is 4.90 Å². The topological polar surface area (TPSA) is 12.5 Å². The highest BCUT2D eigenvalue weighted by molar-refractivity contribution is 7.80. The Bertz CT molecular complexity index is 144. The Morgan fingerprint density at radius 1 is 1.27 bits per heavy atom. The maximum Gasteiger partial charge on any atom is 0.0593 e. The number of rotatable bonds is 7. The lowest BCUT2D eigenvalue weighted by Crippen LogP contribution is -2.36. The summed E-state index contributed by atoms with van der Waals surface area (Å²) >= 11 is 4.12. The number of nitrogens with zero attached hydrogens (tertiary/aromatic N) is 1. The van der Waals surface area contributed by atoms with Gasteiger partial charge >= 0.3 is 0 Å². The van der Waals surface area contributed by atoms with Crippen LogP contribution in [0.25, 0.3) is 0 Å². The normalized spacial score (nSPS) is 19.6. The molecular weight excluding hydrogens is 206 g/mol. The van der Waals surface area contributed by atoms with Crippen LogP contribution in [-0.4, -0.2) is 43.5 Å². The average Bonchev–Trinajstić information content (AvgIpc) is 2.27. The molecule has 0 amide bonds. The molecule has 0 unspecified atom stereocenters. The van der Waals surface area contributed by atoms with Crippen LogP contribution in [-0.2, 0) is 4.74 Å². The zero-order chi connectivity index (χ0) is 10.9. The molecule has 0 atom stereocenters. The van der Waals surface area contributed by atoms with Crippen molar-refractivity contribution in [3.05, 3.63) is 0 Å². The molecule has 1 rings (SSSR count). The summed E-state index contributed by atoms with van der Waals surface area (Å²) in [4.78, 5) is 2.53. The highest BCUT2D eigenvalue weighted by Crippen LogP contribution is 2.21. The first-order valence-corrected chi connectivity index (χ1v) is 6.91. The van der Waals surface area contributed by atoms with E-state index >= 15 is 0 Å². The van der Waals surface area contributed by atoms with Gasteiger partial charge in [0.15, 0.2) is 0 Å². The largest absolute Gasteiger partial charge is 0.379 e. The van der Waals surface area contributed by atoms with Gasteiger partial charge in [-0.05, 0) is 31.8 Å². The third kappa shape index (κ3) is 5.79. The van der Waals surface area contributed by atoms with Crippen LogP contribution >= 0.6 is 12.6 Å². The van der Waals surface area contributed by atoms with Gasteiger partial charge in [-0.15, -0.1) is 0 Å². The van der Waals surface area contributed by atoms with Crippen LogP contribution in [0.4, 0.5) is 0 Å². The zero-order valence-corrected chi connectivity index (χ0v) is 10.8. The lowest BCUT2D eigenvalue weighted by atomic mass is 9.92. The van der Waals surface area contributed by atoms with Crippen molar-refractivity contribution in [1.29, 1.82) is 0 Å². The van der Waals surface area contributed by atoms with Crippen LogP contribution in [0, 0.1) is 5.92 Å². The molecule has 2 nitrogen and oxygen atoms in total. The van der Waals surface area contributed by atoms with E-state index in [1.807, 2.05) is 0 Å². The minimum atomic E-state index is 0.787. The molecule has 1 saturated heterocycles. The Balaban J connectivity index is 1.99. The van der Waals surface area contributed by atoms with Crippen LogP contribution in [0.2, 0.25) is 0 Å². The summed E-state index contributed by atoms with van der Waals surface area (Å²) in [5.74, 6) is 1.82. The predicted molar refractivity (Wildman–Crippen MR) is 68.7 cm³/mol. The maximum atomic E-state index is 5.44. The van der Waals surface area contributed by atoms with Crippen molar-refractivity contribution in [2.45, 2.75) is 32.6 Å². The van der Waals surface area contributed by atoms with Crippen LogP contribution in [0.5, 0.6) is 0 Å². The second-order valence-corrected chi connectivity index (χ2v) is 4.86. The summed E-state index contributed by atoms with van der Waals surface area (Å²) in [6.45, 7) is 7.60. The molecule has 3 heteroatoms. The van der Waals surface area contributed by atoms with Crippen LogP contribution in [0.3, 0.4) is 0 Å². The van der Waals surface area contributed by atoms with Gasteiger partial charge in [0.2, 0.25) is 0 Å². The minimum absolute atomic E-state index is 0.787. The fraction of sp³-hybridized carbons (Fsp3) is 1.00. The molecule has 0 aliphatic carbocycles. The van der Waals surface area contributed by atoms with Gasteiger partial charge in [-0.3, -0.25) is 0 Å². The maximum absolute atomic E-state index is 5.44. The van der Waals surface area contributed by atoms with E-state index in [1.54, 1.807) is 0 Å². The Morgan fingerprint density at radius 2 is 2.00 bits per heavy atom. The smallest absolute Gasteiger partial charge is 0.0593 e. The van der Waals surface area contributed by atoms with Gasteiger partial charge in [0.25, 0.3) is 0 Å². The summed E-state index contributed by atoms with van der Waals surface area (Å²) < 4.78 is 5.44. The first-order chi connectivity index (χ1) is 7.36. The molecule has 0 N–H and O–H groups in total. The van der Waals surface area contributed by atoms with E-state index in [0.29, 0.717) is 0 Å². The van der Waals surface area contributed by atoms with E-state index in [0.717, 1.165) is 31.4 Å². The molecule has 1 aliphatic rings. The minimum Gasteiger partial charge on any atom is -0.379 e. The van der Waals surface area contributed by atoms with E-state index in [1.165, 1.54) is 38.8 Å². The Labute approximate surface area is 99.8 Å². The van der Waals surface area contributed by atoms with Gasteiger partial charge in [-0.25, -0.2) is 0 Å². The third-order valence-corrected chi connectivity index (χ3v) is 3.37. The van der Waals surface area contributed by atoms with Crippen molar-refractivity contribution in [3.8, 4) is 0 Å². The predicted octanol–water partition coefficient (Wildman–Crippen LogP) is 2.44. The highest BCUT2D eigenvalue weighted by atomic mass is 32.1. The second kappa shape index (κ2) is 8.43. The van der Waals surface area contributed by atoms with Crippen molar-refractivity contribution in [2.24, 2.45) is 5.92 Å². The quantitative estimate of drug-likeness (QED) is 0.534. The number of ether oxygens (including phenoxy) is 1. The molecule has 15 heavy (non-hydrogen) atoms. The van der Waals surface area contributed by atoms with Crippen LogP contribution < -0.4 is 0 Å².